The van der Waals surface area contributed by atoms with E-state index in [0.717, 1.165) is 36.6 Å². The summed E-state index contributed by atoms with van der Waals surface area (Å²) >= 11 is 0. The molecule has 0 radical (unpaired) electrons. The SMILES string of the molecule is COc1ccc2c(c1)C(NCc1ccnn1C)CCO2. The second kappa shape index (κ2) is 5.54. The first kappa shape index (κ1) is 13.0. The van der Waals surface area contributed by atoms with Gasteiger partial charge in [0.2, 0.25) is 0 Å². The Labute approximate surface area is 118 Å². The molecule has 1 aromatic carbocycles. The van der Waals surface area contributed by atoms with E-state index in [9.17, 15) is 0 Å². The first-order valence-electron chi connectivity index (χ1n) is 6.79. The molecule has 2 heterocycles. The molecule has 0 fully saturated rings. The van der Waals surface area contributed by atoms with Gasteiger partial charge in [-0.05, 0) is 24.3 Å². The Balaban J connectivity index is 1.77. The van der Waals surface area contributed by atoms with Gasteiger partial charge < -0.3 is 14.8 Å². The van der Waals surface area contributed by atoms with Gasteiger partial charge in [-0.25, -0.2) is 0 Å². The van der Waals surface area contributed by atoms with Crippen LogP contribution >= 0.6 is 0 Å². The average molecular weight is 273 g/mol. The summed E-state index contributed by atoms with van der Waals surface area (Å²) in [5, 5.41) is 7.76. The van der Waals surface area contributed by atoms with Crippen LogP contribution in [0.15, 0.2) is 30.5 Å². The smallest absolute Gasteiger partial charge is 0.124 e. The maximum absolute atomic E-state index is 5.70. The lowest BCUT2D eigenvalue weighted by Gasteiger charge is -2.27. The summed E-state index contributed by atoms with van der Waals surface area (Å²) < 4.78 is 12.9. The number of rotatable bonds is 4. The second-order valence-electron chi connectivity index (χ2n) is 4.92. The molecule has 20 heavy (non-hydrogen) atoms. The van der Waals surface area contributed by atoms with Crippen molar-refractivity contribution in [2.75, 3.05) is 13.7 Å². The van der Waals surface area contributed by atoms with E-state index in [-0.39, 0.29) is 6.04 Å². The maximum atomic E-state index is 5.70. The number of nitrogens with zero attached hydrogens (tertiary/aromatic N) is 2. The first-order chi connectivity index (χ1) is 9.78. The highest BCUT2D eigenvalue weighted by Crippen LogP contribution is 2.34. The minimum absolute atomic E-state index is 0.281. The van der Waals surface area contributed by atoms with E-state index in [1.165, 1.54) is 5.69 Å². The Kier molecular flexibility index (Phi) is 3.60. The van der Waals surface area contributed by atoms with Crippen molar-refractivity contribution in [3.05, 3.63) is 41.7 Å². The minimum atomic E-state index is 0.281. The molecule has 1 aliphatic rings. The molecule has 5 heteroatoms. The largest absolute Gasteiger partial charge is 0.497 e. The number of aromatic nitrogens is 2. The lowest BCUT2D eigenvalue weighted by Crippen LogP contribution is -2.27. The summed E-state index contributed by atoms with van der Waals surface area (Å²) in [5.74, 6) is 1.81. The predicted octanol–water partition coefficient (Wildman–Crippen LogP) is 2.04. The van der Waals surface area contributed by atoms with Crippen LogP contribution in [0.25, 0.3) is 0 Å². The first-order valence-corrected chi connectivity index (χ1v) is 6.79. The van der Waals surface area contributed by atoms with Gasteiger partial charge in [-0.2, -0.15) is 5.10 Å². The van der Waals surface area contributed by atoms with Gasteiger partial charge >= 0.3 is 0 Å². The van der Waals surface area contributed by atoms with Gasteiger partial charge in [0.25, 0.3) is 0 Å². The zero-order valence-corrected chi connectivity index (χ0v) is 11.8. The lowest BCUT2D eigenvalue weighted by atomic mass is 10.00. The van der Waals surface area contributed by atoms with Crippen LogP contribution in [0.2, 0.25) is 0 Å². The fraction of sp³-hybridized carbons (Fsp3) is 0.400. The van der Waals surface area contributed by atoms with Gasteiger partial charge in [0.05, 0.1) is 19.4 Å². The Morgan fingerprint density at radius 2 is 2.35 bits per heavy atom. The minimum Gasteiger partial charge on any atom is -0.497 e. The molecule has 0 amide bonds. The van der Waals surface area contributed by atoms with Crippen LogP contribution in [-0.4, -0.2) is 23.5 Å². The molecule has 5 nitrogen and oxygen atoms in total. The molecule has 0 spiro atoms. The average Bonchev–Trinajstić information content (AvgIpc) is 2.89. The molecule has 0 saturated heterocycles. The summed E-state index contributed by atoms with van der Waals surface area (Å²) in [6.45, 7) is 1.53. The number of aryl methyl sites for hydroxylation is 1. The van der Waals surface area contributed by atoms with E-state index in [4.69, 9.17) is 9.47 Å². The molecule has 1 atom stereocenters. The third-order valence-electron chi connectivity index (χ3n) is 3.71. The lowest BCUT2D eigenvalue weighted by molar-refractivity contribution is 0.250. The summed E-state index contributed by atoms with van der Waals surface area (Å²) in [7, 11) is 3.64. The van der Waals surface area contributed by atoms with E-state index >= 15 is 0 Å². The molecule has 0 aliphatic carbocycles. The summed E-state index contributed by atoms with van der Waals surface area (Å²) in [5.41, 5.74) is 2.33. The van der Waals surface area contributed by atoms with E-state index in [2.05, 4.69) is 16.5 Å². The predicted molar refractivity (Wildman–Crippen MR) is 75.9 cm³/mol. The van der Waals surface area contributed by atoms with Crippen molar-refractivity contribution in [3.63, 3.8) is 0 Å². The number of fused-ring (bicyclic) bond motifs is 1. The summed E-state index contributed by atoms with van der Waals surface area (Å²) in [6.07, 6.45) is 2.77. The van der Waals surface area contributed by atoms with Crippen LogP contribution in [0.3, 0.4) is 0 Å². The van der Waals surface area contributed by atoms with Gasteiger partial charge in [0.15, 0.2) is 0 Å². The van der Waals surface area contributed by atoms with E-state index in [1.54, 1.807) is 7.11 Å². The Morgan fingerprint density at radius 1 is 1.45 bits per heavy atom. The Morgan fingerprint density at radius 3 is 3.10 bits per heavy atom. The van der Waals surface area contributed by atoms with Crippen molar-refractivity contribution < 1.29 is 9.47 Å². The molecule has 1 N–H and O–H groups in total. The van der Waals surface area contributed by atoms with Crippen molar-refractivity contribution in [2.24, 2.45) is 7.05 Å². The molecule has 3 rings (SSSR count). The van der Waals surface area contributed by atoms with Gasteiger partial charge in [-0.3, -0.25) is 4.68 Å². The van der Waals surface area contributed by atoms with Crippen LogP contribution in [0.4, 0.5) is 0 Å². The van der Waals surface area contributed by atoms with Crippen molar-refractivity contribution in [2.45, 2.75) is 19.0 Å². The second-order valence-corrected chi connectivity index (χ2v) is 4.92. The molecular formula is C15H19N3O2. The molecule has 2 aromatic rings. The van der Waals surface area contributed by atoms with Gasteiger partial charge in [-0.15, -0.1) is 0 Å². The highest BCUT2D eigenvalue weighted by molar-refractivity contribution is 5.43. The van der Waals surface area contributed by atoms with Gasteiger partial charge in [-0.1, -0.05) is 0 Å². The fourth-order valence-corrected chi connectivity index (χ4v) is 2.51. The molecule has 106 valence electrons. The van der Waals surface area contributed by atoms with Gasteiger partial charge in [0, 0.05) is 37.8 Å². The number of methoxy groups -OCH3 is 1. The van der Waals surface area contributed by atoms with E-state index in [0.29, 0.717) is 0 Å². The summed E-state index contributed by atoms with van der Waals surface area (Å²) in [6, 6.07) is 8.27. The Hall–Kier alpha value is -2.01. The maximum Gasteiger partial charge on any atom is 0.124 e. The van der Waals surface area contributed by atoms with Crippen LogP contribution in [-0.2, 0) is 13.6 Å². The zero-order chi connectivity index (χ0) is 13.9. The normalized spacial score (nSPS) is 17.4. The van der Waals surface area contributed by atoms with Crippen LogP contribution in [0.5, 0.6) is 11.5 Å². The van der Waals surface area contributed by atoms with Crippen molar-refractivity contribution >= 4 is 0 Å². The van der Waals surface area contributed by atoms with Crippen molar-refractivity contribution in [1.82, 2.24) is 15.1 Å². The number of hydrogen-bond acceptors (Lipinski definition) is 4. The summed E-state index contributed by atoms with van der Waals surface area (Å²) in [4.78, 5) is 0. The molecule has 1 aliphatic heterocycles. The topological polar surface area (TPSA) is 48.3 Å². The monoisotopic (exact) mass is 273 g/mol. The number of benzene rings is 1. The Bertz CT molecular complexity index is 595. The fourth-order valence-electron chi connectivity index (χ4n) is 2.51. The standard InChI is InChI=1S/C15H19N3O2/c1-18-11(5-7-17-18)10-16-14-6-8-20-15-4-3-12(19-2)9-13(14)15/h3-5,7,9,14,16H,6,8,10H2,1-2H3. The van der Waals surface area contributed by atoms with Crippen LogP contribution in [0, 0.1) is 0 Å². The highest BCUT2D eigenvalue weighted by Gasteiger charge is 2.21. The van der Waals surface area contributed by atoms with E-state index < -0.39 is 0 Å². The number of ether oxygens (including phenoxy) is 2. The number of hydrogen-bond donors (Lipinski definition) is 1. The quantitative estimate of drug-likeness (QED) is 0.926. The van der Waals surface area contributed by atoms with Crippen molar-refractivity contribution in [3.8, 4) is 11.5 Å². The van der Waals surface area contributed by atoms with Gasteiger partial charge in [0.1, 0.15) is 11.5 Å². The van der Waals surface area contributed by atoms with Crippen LogP contribution < -0.4 is 14.8 Å². The van der Waals surface area contributed by atoms with Crippen molar-refractivity contribution in [1.29, 1.82) is 0 Å². The zero-order valence-electron chi connectivity index (χ0n) is 11.8. The highest BCUT2D eigenvalue weighted by atomic mass is 16.5. The molecule has 0 bridgehead atoms. The molecule has 1 unspecified atom stereocenters. The molecule has 0 saturated carbocycles. The van der Waals surface area contributed by atoms with E-state index in [1.807, 2.05) is 36.1 Å². The van der Waals surface area contributed by atoms with Crippen LogP contribution in [0.1, 0.15) is 23.7 Å². The molecular weight excluding hydrogens is 254 g/mol. The molecule has 1 aromatic heterocycles. The third kappa shape index (κ3) is 2.49. The number of nitrogens with one attached hydrogen (secondary N) is 1. The third-order valence-corrected chi connectivity index (χ3v) is 3.71.